The van der Waals surface area contributed by atoms with Crippen molar-refractivity contribution in [3.05, 3.63) is 35.9 Å². The summed E-state index contributed by atoms with van der Waals surface area (Å²) in [6, 6.07) is 9.61. The van der Waals surface area contributed by atoms with Crippen LogP contribution < -0.4 is 5.32 Å². The molecule has 4 rings (SSSR count). The standard InChI is InChI=1S/C23H30N2O3S/c1-29-14-11-19(25-21(27)17-9-5-6-10-18(17)22(25)28)20(26)24-15-23(12-13-23)16-7-3-2-4-8-16/h2-4,7-8,17-19H,5-6,9-15H2,1H3,(H,24,26)/t17-,18+,19-/m0/s1. The van der Waals surface area contributed by atoms with Gasteiger partial charge in [0.25, 0.3) is 0 Å². The van der Waals surface area contributed by atoms with Crippen molar-refractivity contribution in [2.24, 2.45) is 11.8 Å². The molecule has 1 aliphatic heterocycles. The second-order valence-corrected chi connectivity index (χ2v) is 9.69. The summed E-state index contributed by atoms with van der Waals surface area (Å²) in [6.45, 7) is 0.564. The van der Waals surface area contributed by atoms with Gasteiger partial charge in [-0.15, -0.1) is 0 Å². The predicted molar refractivity (Wildman–Crippen MR) is 114 cm³/mol. The summed E-state index contributed by atoms with van der Waals surface area (Å²) in [6.07, 6.45) is 8.15. The number of fused-ring (bicyclic) bond motifs is 1. The van der Waals surface area contributed by atoms with Crippen molar-refractivity contribution in [3.8, 4) is 0 Å². The van der Waals surface area contributed by atoms with Crippen LogP contribution in [0.4, 0.5) is 0 Å². The Hall–Kier alpha value is -1.82. The monoisotopic (exact) mass is 414 g/mol. The summed E-state index contributed by atoms with van der Waals surface area (Å²) in [4.78, 5) is 40.5. The zero-order valence-electron chi connectivity index (χ0n) is 17.1. The van der Waals surface area contributed by atoms with E-state index >= 15 is 0 Å². The van der Waals surface area contributed by atoms with E-state index in [4.69, 9.17) is 0 Å². The van der Waals surface area contributed by atoms with Gasteiger partial charge in [0.15, 0.2) is 0 Å². The van der Waals surface area contributed by atoms with Gasteiger partial charge in [0.1, 0.15) is 6.04 Å². The number of benzene rings is 1. The van der Waals surface area contributed by atoms with Gasteiger partial charge in [-0.05, 0) is 49.7 Å². The van der Waals surface area contributed by atoms with Crippen molar-refractivity contribution in [2.45, 2.75) is 56.4 Å². The average molecular weight is 415 g/mol. The van der Waals surface area contributed by atoms with Crippen molar-refractivity contribution in [1.82, 2.24) is 10.2 Å². The van der Waals surface area contributed by atoms with Gasteiger partial charge in [0, 0.05) is 12.0 Å². The maximum absolute atomic E-state index is 13.2. The van der Waals surface area contributed by atoms with E-state index in [2.05, 4.69) is 17.4 Å². The number of thioether (sulfide) groups is 1. The van der Waals surface area contributed by atoms with E-state index < -0.39 is 6.04 Å². The van der Waals surface area contributed by atoms with E-state index in [-0.39, 0.29) is 35.0 Å². The zero-order chi connectivity index (χ0) is 20.4. The van der Waals surface area contributed by atoms with Crippen molar-refractivity contribution in [1.29, 1.82) is 0 Å². The minimum absolute atomic E-state index is 0.00793. The first kappa shape index (κ1) is 20.5. The number of nitrogens with zero attached hydrogens (tertiary/aromatic N) is 1. The Balaban J connectivity index is 1.47. The van der Waals surface area contributed by atoms with Crippen molar-refractivity contribution in [2.75, 3.05) is 18.6 Å². The minimum Gasteiger partial charge on any atom is -0.353 e. The van der Waals surface area contributed by atoms with Crippen molar-refractivity contribution >= 4 is 29.5 Å². The highest BCUT2D eigenvalue weighted by Gasteiger charge is 2.52. The molecule has 1 saturated heterocycles. The highest BCUT2D eigenvalue weighted by molar-refractivity contribution is 7.98. The lowest BCUT2D eigenvalue weighted by Gasteiger charge is -2.27. The van der Waals surface area contributed by atoms with Crippen LogP contribution in [0.5, 0.6) is 0 Å². The first-order valence-electron chi connectivity index (χ1n) is 10.8. The van der Waals surface area contributed by atoms with Crippen LogP contribution >= 0.6 is 11.8 Å². The summed E-state index contributed by atoms with van der Waals surface area (Å²) in [5, 5.41) is 3.10. The van der Waals surface area contributed by atoms with Gasteiger partial charge < -0.3 is 5.32 Å². The van der Waals surface area contributed by atoms with E-state index in [1.54, 1.807) is 11.8 Å². The van der Waals surface area contributed by atoms with Crippen LogP contribution in [-0.2, 0) is 19.8 Å². The number of imide groups is 1. The molecule has 2 saturated carbocycles. The molecule has 6 heteroatoms. The fourth-order valence-electron chi connectivity index (χ4n) is 4.99. The van der Waals surface area contributed by atoms with E-state index in [9.17, 15) is 14.4 Å². The molecule has 3 aliphatic rings. The van der Waals surface area contributed by atoms with E-state index in [0.717, 1.165) is 44.3 Å². The SMILES string of the molecule is CSCC[C@@H](C(=O)NCC1(c2ccccc2)CC1)N1C(=O)[C@H]2CCCC[C@H]2C1=O. The van der Waals surface area contributed by atoms with Gasteiger partial charge in [-0.2, -0.15) is 11.8 Å². The molecule has 0 spiro atoms. The highest BCUT2D eigenvalue weighted by atomic mass is 32.2. The number of carbonyl (C=O) groups excluding carboxylic acids is 3. The summed E-state index contributed by atoms with van der Waals surface area (Å²) in [7, 11) is 0. The molecule has 2 aliphatic carbocycles. The lowest BCUT2D eigenvalue weighted by molar-refractivity contribution is -0.148. The molecule has 156 valence electrons. The molecular weight excluding hydrogens is 384 g/mol. The normalized spacial score (nSPS) is 26.2. The van der Waals surface area contributed by atoms with Crippen LogP contribution in [0.25, 0.3) is 0 Å². The molecule has 1 aromatic carbocycles. The zero-order valence-corrected chi connectivity index (χ0v) is 17.9. The molecule has 0 radical (unpaired) electrons. The molecule has 29 heavy (non-hydrogen) atoms. The second kappa shape index (κ2) is 8.50. The number of amides is 3. The topological polar surface area (TPSA) is 66.5 Å². The van der Waals surface area contributed by atoms with Gasteiger partial charge in [-0.25, -0.2) is 0 Å². The number of rotatable bonds is 8. The highest BCUT2D eigenvalue weighted by Crippen LogP contribution is 2.47. The Bertz CT molecular complexity index is 754. The van der Waals surface area contributed by atoms with Crippen LogP contribution in [0.2, 0.25) is 0 Å². The quantitative estimate of drug-likeness (QED) is 0.664. The summed E-state index contributed by atoms with van der Waals surface area (Å²) < 4.78 is 0. The molecule has 1 N–H and O–H groups in total. The van der Waals surface area contributed by atoms with Gasteiger partial charge in [0.2, 0.25) is 17.7 Å². The van der Waals surface area contributed by atoms with Crippen molar-refractivity contribution in [3.63, 3.8) is 0 Å². The third kappa shape index (κ3) is 3.96. The smallest absolute Gasteiger partial charge is 0.243 e. The molecule has 3 atom stereocenters. The van der Waals surface area contributed by atoms with Crippen molar-refractivity contribution < 1.29 is 14.4 Å². The summed E-state index contributed by atoms with van der Waals surface area (Å²) in [5.74, 6) is -0.0920. The maximum Gasteiger partial charge on any atom is 0.243 e. The van der Waals surface area contributed by atoms with E-state index in [0.29, 0.717) is 13.0 Å². The lowest BCUT2D eigenvalue weighted by atomic mass is 9.81. The second-order valence-electron chi connectivity index (χ2n) is 8.71. The third-order valence-corrected chi connectivity index (χ3v) is 7.57. The molecule has 3 amide bonds. The number of nitrogens with one attached hydrogen (secondary N) is 1. The molecular formula is C23H30N2O3S. The Labute approximate surface area is 177 Å². The largest absolute Gasteiger partial charge is 0.353 e. The Kier molecular flexibility index (Phi) is 6.00. The predicted octanol–water partition coefficient (Wildman–Crippen LogP) is 3.13. The Morgan fingerprint density at radius 3 is 2.31 bits per heavy atom. The fraction of sp³-hybridized carbons (Fsp3) is 0.609. The number of likely N-dealkylation sites (tertiary alicyclic amines) is 1. The molecule has 0 bridgehead atoms. The van der Waals surface area contributed by atoms with Crippen LogP contribution in [-0.4, -0.2) is 47.2 Å². The molecule has 3 fully saturated rings. The number of carbonyl (C=O) groups is 3. The molecule has 1 heterocycles. The van der Waals surface area contributed by atoms with Gasteiger partial charge in [-0.3, -0.25) is 19.3 Å². The summed E-state index contributed by atoms with van der Waals surface area (Å²) >= 11 is 1.64. The van der Waals surface area contributed by atoms with Gasteiger partial charge in [0.05, 0.1) is 11.8 Å². The fourth-order valence-corrected chi connectivity index (χ4v) is 5.45. The Morgan fingerprint density at radius 2 is 1.76 bits per heavy atom. The van der Waals surface area contributed by atoms with Crippen LogP contribution in [0.3, 0.4) is 0 Å². The maximum atomic E-state index is 13.2. The first-order valence-corrected chi connectivity index (χ1v) is 12.2. The van der Waals surface area contributed by atoms with Crippen LogP contribution in [0.1, 0.15) is 50.5 Å². The van der Waals surface area contributed by atoms with E-state index in [1.165, 1.54) is 10.5 Å². The van der Waals surface area contributed by atoms with Crippen LogP contribution in [0, 0.1) is 11.8 Å². The van der Waals surface area contributed by atoms with E-state index in [1.807, 2.05) is 24.5 Å². The molecule has 5 nitrogen and oxygen atoms in total. The summed E-state index contributed by atoms with van der Waals surface area (Å²) in [5.41, 5.74) is 1.26. The van der Waals surface area contributed by atoms with Gasteiger partial charge >= 0.3 is 0 Å². The third-order valence-electron chi connectivity index (χ3n) is 6.93. The van der Waals surface area contributed by atoms with Crippen LogP contribution in [0.15, 0.2) is 30.3 Å². The first-order chi connectivity index (χ1) is 14.1. The molecule has 0 unspecified atom stereocenters. The average Bonchev–Trinajstić information content (AvgIpc) is 3.51. The lowest BCUT2D eigenvalue weighted by Crippen LogP contribution is -2.51. The number of hydrogen-bond acceptors (Lipinski definition) is 4. The number of hydrogen-bond donors (Lipinski definition) is 1. The van der Waals surface area contributed by atoms with Gasteiger partial charge in [-0.1, -0.05) is 43.2 Å². The molecule has 0 aromatic heterocycles. The minimum atomic E-state index is -0.681. The molecule has 1 aromatic rings. The Morgan fingerprint density at radius 1 is 1.14 bits per heavy atom.